The van der Waals surface area contributed by atoms with Gasteiger partial charge in [-0.05, 0) is 37.0 Å². The quantitative estimate of drug-likeness (QED) is 0.865. The number of hydrogen-bond acceptors (Lipinski definition) is 2. The number of carbonyl (C=O) groups excluding carboxylic acids is 1. The highest BCUT2D eigenvalue weighted by Crippen LogP contribution is 2.24. The van der Waals surface area contributed by atoms with Crippen LogP contribution in [0.1, 0.15) is 19.8 Å². The lowest BCUT2D eigenvalue weighted by molar-refractivity contribution is 0.0811. The van der Waals surface area contributed by atoms with Crippen molar-refractivity contribution in [1.82, 2.24) is 4.90 Å². The van der Waals surface area contributed by atoms with Crippen LogP contribution in [0.15, 0.2) is 22.7 Å². The maximum absolute atomic E-state index is 13.3. The maximum atomic E-state index is 13.3. The molecule has 0 spiro atoms. The molecule has 110 valence electrons. The number of hydrogen-bond donors (Lipinski definition) is 2. The third kappa shape index (κ3) is 3.49. The minimum atomic E-state index is -0.416. The van der Waals surface area contributed by atoms with Gasteiger partial charge in [0.05, 0.1) is 12.6 Å². The minimum absolute atomic E-state index is 0.0541. The number of nitrogens with one attached hydrogen (secondary N) is 1. The molecule has 6 heteroatoms. The molecule has 0 bridgehead atoms. The minimum Gasteiger partial charge on any atom is -0.394 e. The van der Waals surface area contributed by atoms with Crippen LogP contribution in [-0.4, -0.2) is 35.2 Å². The summed E-state index contributed by atoms with van der Waals surface area (Å²) in [6.45, 7) is 2.58. The Hall–Kier alpha value is -1.14. The van der Waals surface area contributed by atoms with Gasteiger partial charge in [-0.3, -0.25) is 0 Å². The number of amides is 2. The van der Waals surface area contributed by atoms with Gasteiger partial charge in [0.25, 0.3) is 0 Å². The summed E-state index contributed by atoms with van der Waals surface area (Å²) in [7, 11) is 0. The Labute approximate surface area is 126 Å². The number of anilines is 1. The second kappa shape index (κ2) is 6.54. The number of aliphatic hydroxyl groups excluding tert-OH is 1. The molecule has 0 radical (unpaired) electrons. The van der Waals surface area contributed by atoms with Crippen LogP contribution in [0, 0.1) is 11.7 Å². The molecular weight excluding hydrogens is 327 g/mol. The van der Waals surface area contributed by atoms with Gasteiger partial charge in [0, 0.05) is 16.7 Å². The summed E-state index contributed by atoms with van der Waals surface area (Å²) in [6.07, 6.45) is 1.92. The van der Waals surface area contributed by atoms with Crippen molar-refractivity contribution in [3.8, 4) is 0 Å². The van der Waals surface area contributed by atoms with Crippen LogP contribution in [0.5, 0.6) is 0 Å². The molecule has 2 atom stereocenters. The molecule has 2 rings (SSSR count). The molecule has 1 aromatic carbocycles. The summed E-state index contributed by atoms with van der Waals surface area (Å²) in [4.78, 5) is 13.9. The van der Waals surface area contributed by atoms with Crippen molar-refractivity contribution in [3.63, 3.8) is 0 Å². The van der Waals surface area contributed by atoms with Crippen LogP contribution >= 0.6 is 15.9 Å². The lowest BCUT2D eigenvalue weighted by Crippen LogP contribution is -2.51. The van der Waals surface area contributed by atoms with Gasteiger partial charge < -0.3 is 15.3 Å². The van der Waals surface area contributed by atoms with E-state index in [0.717, 1.165) is 12.8 Å². The van der Waals surface area contributed by atoms with Crippen LogP contribution in [0.4, 0.5) is 14.9 Å². The van der Waals surface area contributed by atoms with Crippen molar-refractivity contribution in [2.24, 2.45) is 5.92 Å². The third-order valence-corrected chi connectivity index (χ3v) is 4.14. The van der Waals surface area contributed by atoms with Crippen molar-refractivity contribution in [3.05, 3.63) is 28.5 Å². The first-order valence-electron chi connectivity index (χ1n) is 6.66. The van der Waals surface area contributed by atoms with E-state index in [9.17, 15) is 14.3 Å². The van der Waals surface area contributed by atoms with Crippen molar-refractivity contribution in [2.75, 3.05) is 18.5 Å². The van der Waals surface area contributed by atoms with Crippen LogP contribution in [0.25, 0.3) is 0 Å². The summed E-state index contributed by atoms with van der Waals surface area (Å²) in [5.41, 5.74) is 0.400. The van der Waals surface area contributed by atoms with Crippen LogP contribution in [0.2, 0.25) is 0 Å². The fraction of sp³-hybridized carbons (Fsp3) is 0.500. The van der Waals surface area contributed by atoms with Crippen LogP contribution < -0.4 is 5.32 Å². The molecule has 0 aliphatic carbocycles. The van der Waals surface area contributed by atoms with Gasteiger partial charge in [-0.25, -0.2) is 9.18 Å². The van der Waals surface area contributed by atoms with E-state index in [1.54, 1.807) is 11.0 Å². The number of nitrogens with zero attached hydrogens (tertiary/aromatic N) is 1. The molecule has 0 saturated carbocycles. The SMILES string of the molecule is CC1CCCN(C(=O)Nc2cc(F)cc(Br)c2)C1CO. The smallest absolute Gasteiger partial charge is 0.322 e. The zero-order valence-corrected chi connectivity index (χ0v) is 12.9. The monoisotopic (exact) mass is 344 g/mol. The van der Waals surface area contributed by atoms with E-state index in [1.807, 2.05) is 6.92 Å². The van der Waals surface area contributed by atoms with Gasteiger partial charge in [0.2, 0.25) is 0 Å². The molecule has 20 heavy (non-hydrogen) atoms. The first-order chi connectivity index (χ1) is 9.51. The third-order valence-electron chi connectivity index (χ3n) is 3.68. The number of carbonyl (C=O) groups is 1. The Morgan fingerprint density at radius 3 is 2.95 bits per heavy atom. The van der Waals surface area contributed by atoms with Crippen LogP contribution in [-0.2, 0) is 0 Å². The van der Waals surface area contributed by atoms with Gasteiger partial charge in [0.15, 0.2) is 0 Å². The zero-order chi connectivity index (χ0) is 14.7. The number of benzene rings is 1. The number of likely N-dealkylation sites (tertiary alicyclic amines) is 1. The lowest BCUT2D eigenvalue weighted by atomic mass is 9.91. The van der Waals surface area contributed by atoms with E-state index < -0.39 is 5.82 Å². The van der Waals surface area contributed by atoms with Crippen LogP contribution in [0.3, 0.4) is 0 Å². The average molecular weight is 345 g/mol. The summed E-state index contributed by atoms with van der Waals surface area (Å²) in [5, 5.41) is 12.1. The van der Waals surface area contributed by atoms with E-state index in [1.165, 1.54) is 12.1 Å². The zero-order valence-electron chi connectivity index (χ0n) is 11.3. The number of aliphatic hydroxyl groups is 1. The Morgan fingerprint density at radius 2 is 2.30 bits per heavy atom. The Morgan fingerprint density at radius 1 is 1.55 bits per heavy atom. The lowest BCUT2D eigenvalue weighted by Gasteiger charge is -2.38. The first-order valence-corrected chi connectivity index (χ1v) is 7.45. The second-order valence-corrected chi connectivity index (χ2v) is 6.07. The highest BCUT2D eigenvalue weighted by molar-refractivity contribution is 9.10. The number of piperidine rings is 1. The summed E-state index contributed by atoms with van der Waals surface area (Å²) < 4.78 is 13.9. The summed E-state index contributed by atoms with van der Waals surface area (Å²) >= 11 is 3.19. The largest absolute Gasteiger partial charge is 0.394 e. The number of halogens is 2. The van der Waals surface area contributed by atoms with Crippen molar-refractivity contribution < 1.29 is 14.3 Å². The predicted octanol–water partition coefficient (Wildman–Crippen LogP) is 3.21. The van der Waals surface area contributed by atoms with E-state index in [0.29, 0.717) is 16.7 Å². The molecule has 1 saturated heterocycles. The predicted molar refractivity (Wildman–Crippen MR) is 79.1 cm³/mol. The van der Waals surface area contributed by atoms with Gasteiger partial charge in [-0.15, -0.1) is 0 Å². The first kappa shape index (κ1) is 15.3. The van der Waals surface area contributed by atoms with Crippen molar-refractivity contribution in [2.45, 2.75) is 25.8 Å². The molecule has 1 aromatic rings. The maximum Gasteiger partial charge on any atom is 0.322 e. The molecule has 1 aliphatic heterocycles. The molecule has 4 nitrogen and oxygen atoms in total. The molecule has 0 aromatic heterocycles. The van der Waals surface area contributed by atoms with E-state index >= 15 is 0 Å². The van der Waals surface area contributed by atoms with E-state index in [2.05, 4.69) is 21.2 Å². The number of urea groups is 1. The fourth-order valence-corrected chi connectivity index (χ4v) is 3.07. The van der Waals surface area contributed by atoms with Crippen molar-refractivity contribution >= 4 is 27.6 Å². The molecule has 2 N–H and O–H groups in total. The van der Waals surface area contributed by atoms with Gasteiger partial charge in [-0.1, -0.05) is 22.9 Å². The standard InChI is InChI=1S/C14H18BrFN2O2/c1-9-3-2-4-18(13(9)8-19)14(20)17-12-6-10(15)5-11(16)7-12/h5-7,9,13,19H,2-4,8H2,1H3,(H,17,20). The highest BCUT2D eigenvalue weighted by atomic mass is 79.9. The molecule has 2 unspecified atom stereocenters. The van der Waals surface area contributed by atoms with Gasteiger partial charge >= 0.3 is 6.03 Å². The summed E-state index contributed by atoms with van der Waals surface area (Å²) in [5.74, 6) is -0.154. The molecular formula is C14H18BrFN2O2. The second-order valence-electron chi connectivity index (χ2n) is 5.15. The van der Waals surface area contributed by atoms with E-state index in [4.69, 9.17) is 0 Å². The molecule has 1 heterocycles. The average Bonchev–Trinajstić information content (AvgIpc) is 2.37. The van der Waals surface area contributed by atoms with E-state index in [-0.39, 0.29) is 24.6 Å². The molecule has 1 fully saturated rings. The van der Waals surface area contributed by atoms with Crippen molar-refractivity contribution in [1.29, 1.82) is 0 Å². The fourth-order valence-electron chi connectivity index (χ4n) is 2.60. The Balaban J connectivity index is 2.10. The Bertz CT molecular complexity index is 478. The van der Waals surface area contributed by atoms with Gasteiger partial charge in [-0.2, -0.15) is 0 Å². The topological polar surface area (TPSA) is 52.6 Å². The normalized spacial score (nSPS) is 22.7. The highest BCUT2D eigenvalue weighted by Gasteiger charge is 2.31. The molecule has 2 amide bonds. The number of rotatable bonds is 2. The van der Waals surface area contributed by atoms with Gasteiger partial charge in [0.1, 0.15) is 5.82 Å². The molecule has 1 aliphatic rings. The summed E-state index contributed by atoms with van der Waals surface area (Å²) in [6, 6.07) is 3.76. The Kier molecular flexibility index (Phi) is 4.99.